The summed E-state index contributed by atoms with van der Waals surface area (Å²) in [5.74, 6) is 0. The van der Waals surface area contributed by atoms with Crippen LogP contribution >= 0.6 is 234 Å². The zero-order chi connectivity index (χ0) is 75.7. The number of halogens is 17. The molecule has 21 heteroatoms. The molecular weight excluding hydrogens is 3110 g/mol. The van der Waals surface area contributed by atoms with E-state index in [1.165, 1.54) is 136 Å². The molecule has 2 saturated carbocycles. The van der Waals surface area contributed by atoms with E-state index in [0.29, 0.717) is 0 Å². The Morgan fingerprint density at radius 2 is 0.680 bits per heavy atom. The molecule has 8 aromatic carbocycles. The minimum absolute atomic E-state index is 0.0353. The first-order valence-electron chi connectivity index (χ1n) is 34.7. The van der Waals surface area contributed by atoms with Crippen molar-refractivity contribution >= 4 is 286 Å². The summed E-state index contributed by atoms with van der Waals surface area (Å²) in [6.07, 6.45) is 10.1. The fourth-order valence-electron chi connectivity index (χ4n) is 15.1. The van der Waals surface area contributed by atoms with E-state index in [9.17, 15) is 0 Å². The van der Waals surface area contributed by atoms with Crippen molar-refractivity contribution in [3.05, 3.63) is 232 Å². The maximum atomic E-state index is 6.38. The number of anilines is 9. The molecule has 0 saturated heterocycles. The van der Waals surface area contributed by atoms with Crippen LogP contribution < -0.4 is 20.0 Å². The Kier molecular flexibility index (Phi) is 34.6. The molecule has 2 heterocycles. The Morgan fingerprint density at radius 3 is 1.02 bits per heavy atom. The van der Waals surface area contributed by atoms with E-state index < -0.39 is 15.8 Å². The molecular formula is C82H101ClI16N4. The van der Waals surface area contributed by atoms with Gasteiger partial charge in [0.05, 0.1) is 11.1 Å². The average Bonchev–Trinajstić information content (AvgIpc) is 1.55. The molecule has 103 heavy (non-hydrogen) atoms. The number of rotatable bonds is 13. The van der Waals surface area contributed by atoms with Gasteiger partial charge in [-0.15, -0.1) is 0 Å². The molecule has 0 spiro atoms. The van der Waals surface area contributed by atoms with Crippen LogP contribution in [0.4, 0.5) is 51.2 Å². The Labute approximate surface area is 740 Å². The van der Waals surface area contributed by atoms with Gasteiger partial charge < -0.3 is 20.0 Å². The zero-order valence-electron chi connectivity index (χ0n) is 62.2. The number of nitrogens with zero attached hydrogens (tertiary/aromatic N) is 3. The normalized spacial score (nSPS) is 20.9. The van der Waals surface area contributed by atoms with Crippen molar-refractivity contribution in [3.63, 3.8) is 0 Å². The first kappa shape index (κ1) is 91.8. The second-order valence-electron chi connectivity index (χ2n) is 32.2. The van der Waals surface area contributed by atoms with Crippen LogP contribution in [0.3, 0.4) is 0 Å². The van der Waals surface area contributed by atoms with Gasteiger partial charge in [0, 0.05) is 67.0 Å². The van der Waals surface area contributed by atoms with Crippen molar-refractivity contribution in [1.29, 1.82) is 0 Å². The van der Waals surface area contributed by atoms with Gasteiger partial charge in [-0.1, -0.05) is 219 Å². The Bertz CT molecular complexity index is 4000. The van der Waals surface area contributed by atoms with Crippen LogP contribution in [0, 0.1) is 13.8 Å². The Morgan fingerprint density at radius 1 is 0.369 bits per heavy atom. The molecule has 4 aliphatic rings. The third-order valence-corrected chi connectivity index (χ3v) is 1010. The molecule has 0 radical (unpaired) electrons. The van der Waals surface area contributed by atoms with E-state index in [4.69, 9.17) is 11.6 Å². The van der Waals surface area contributed by atoms with Gasteiger partial charge in [-0.05, 0) is 217 Å². The van der Waals surface area contributed by atoms with Crippen LogP contribution in [0.5, 0.6) is 0 Å². The minimum atomic E-state index is -0.414. The third kappa shape index (κ3) is 22.1. The summed E-state index contributed by atoms with van der Waals surface area (Å²) in [5.41, 5.74) is 23.1. The van der Waals surface area contributed by atoms with E-state index in [-0.39, 0.29) is 83.0 Å². The summed E-state index contributed by atoms with van der Waals surface area (Å²) in [5, 5.41) is 4.29. The van der Waals surface area contributed by atoms with E-state index in [2.05, 4.69) is 488 Å². The van der Waals surface area contributed by atoms with Gasteiger partial charge in [-0.25, -0.2) is 0 Å². The number of hydrogen-bond donors (Lipinski definition) is 1. The van der Waals surface area contributed by atoms with Gasteiger partial charge >= 0.3 is 223 Å². The molecule has 2 aliphatic carbocycles. The summed E-state index contributed by atoms with van der Waals surface area (Å²) < 4.78 is 0. The van der Waals surface area contributed by atoms with Crippen LogP contribution in [-0.4, -0.2) is 11.1 Å². The number of benzene rings is 8. The van der Waals surface area contributed by atoms with E-state index in [0.717, 1.165) is 16.4 Å². The molecule has 12 rings (SSSR count). The predicted octanol–water partition coefficient (Wildman–Crippen LogP) is 38.4. The Balaban J connectivity index is 0.000000174. The number of aryl methyl sites for hydroxylation is 2. The van der Waals surface area contributed by atoms with Crippen LogP contribution in [0.15, 0.2) is 182 Å². The molecule has 0 bridgehead atoms. The summed E-state index contributed by atoms with van der Waals surface area (Å²) in [4.78, 5) is 7.71. The first-order valence-corrected chi connectivity index (χ1v) is 129. The number of hydrogen-bond acceptors (Lipinski definition) is 4. The van der Waals surface area contributed by atoms with Crippen LogP contribution in [0.2, 0.25) is 5.02 Å². The number of nitrogens with one attached hydrogen (secondary N) is 1. The molecule has 8 aromatic rings. The SMILES string of the molecule is CC(C)(C)c1ccc(Nc2ccc(C(C)(C)C)cc2)cc1.Cc1cc(Cl)cc(N2c3ccccc3C3(C)CCCCC23C)c1.Cc1cc(N(c2ccc(C(C)(C)C)cc2)c2ccc(C(C)(C)C)cc2)cc(N2c3ccccc3C3(C)CCCCC23C)c1.II(I)I(I)I(I)I(I)I(I)I(I)I(I)I. The molecule has 2 aliphatic heterocycles. The summed E-state index contributed by atoms with van der Waals surface area (Å²) in [6, 6.07) is 67.5. The molecule has 568 valence electrons. The van der Waals surface area contributed by atoms with Crippen molar-refractivity contribution in [3.8, 4) is 0 Å². The molecule has 4 nitrogen and oxygen atoms in total. The van der Waals surface area contributed by atoms with Crippen molar-refractivity contribution in [2.24, 2.45) is 0 Å². The topological polar surface area (TPSA) is 21.8 Å². The van der Waals surface area contributed by atoms with Crippen molar-refractivity contribution < 1.29 is 0 Å². The van der Waals surface area contributed by atoms with Crippen molar-refractivity contribution in [2.45, 2.75) is 220 Å². The van der Waals surface area contributed by atoms with Crippen molar-refractivity contribution in [2.75, 3.05) is 20.0 Å². The average molecular weight is 3210 g/mol. The van der Waals surface area contributed by atoms with Gasteiger partial charge in [-0.2, -0.15) is 0 Å². The second-order valence-corrected chi connectivity index (χ2v) is 374. The molecule has 0 amide bonds. The van der Waals surface area contributed by atoms with Gasteiger partial charge in [0.2, 0.25) is 0 Å². The maximum absolute atomic E-state index is 6.38. The molecule has 0 aromatic heterocycles. The van der Waals surface area contributed by atoms with E-state index >= 15 is 0 Å². The Hall–Kier alpha value is 4.93. The molecule has 1 N–H and O–H groups in total. The summed E-state index contributed by atoms with van der Waals surface area (Å²) in [7, 11) is -2.63. The second kappa shape index (κ2) is 38.8. The van der Waals surface area contributed by atoms with Crippen molar-refractivity contribution in [1.82, 2.24) is 0 Å². The van der Waals surface area contributed by atoms with Crippen LogP contribution in [-0.2, 0) is 32.5 Å². The van der Waals surface area contributed by atoms with Gasteiger partial charge in [0.25, 0.3) is 0 Å². The van der Waals surface area contributed by atoms with Gasteiger partial charge in [0.1, 0.15) is 0 Å². The fourth-order valence-corrected chi connectivity index (χ4v) is 2110. The van der Waals surface area contributed by atoms with Crippen LogP contribution in [0.1, 0.15) is 207 Å². The molecule has 4 unspecified atom stereocenters. The molecule has 4 atom stereocenters. The standard InChI is InChI=1S/C41H50N2.C21H24ClN.C20H27N.I16/c1-29-26-34(28-35(27-29)43-37-15-11-10-14-36(37)40(8)24-12-13-25-41(40,43)9)42(32-20-16-30(17-21-32)38(2,3)4)33-22-18-31(19-23-33)39(5,6)7;1-15-12-16(22)14-17(13-15)23-19-9-5-4-8-18(19)20(2)10-6-7-11-21(20,23)3;1-19(2,3)15-7-11-17(12-8-15)21-18-13-9-16(10-14-18)20(4,5)6;1-10(2)12(5)14(7)16(9)15(8)13(6)11(3)4/h10-11,14-23,26-28H,12-13,24-25H2,1-9H3;4-5,8-9,12-14H,6-7,10-11H2,1-3H3;7-14,21H,1-6H3;. The fraction of sp³-hybridized carbons (Fsp3) is 0.415. The van der Waals surface area contributed by atoms with Crippen LogP contribution in [0.25, 0.3) is 0 Å². The molecule has 2 fully saturated rings. The van der Waals surface area contributed by atoms with Gasteiger partial charge in [-0.3, -0.25) is 0 Å². The zero-order valence-corrected chi connectivity index (χ0v) is 97.5. The first-order chi connectivity index (χ1) is 48.0. The quantitative estimate of drug-likeness (QED) is 0.116. The predicted molar refractivity (Wildman–Crippen MR) is 603 cm³/mol. The summed E-state index contributed by atoms with van der Waals surface area (Å²) in [6.45, 7) is 41.4. The third-order valence-electron chi connectivity index (χ3n) is 21.1. The van der Waals surface area contributed by atoms with E-state index in [1.807, 2.05) is 6.07 Å². The number of fused-ring (bicyclic) bond motifs is 6. The monoisotopic (exact) mass is 3210 g/mol. The van der Waals surface area contributed by atoms with E-state index in [1.54, 1.807) is 0 Å². The number of para-hydroxylation sites is 2. The van der Waals surface area contributed by atoms with Gasteiger partial charge in [0.15, 0.2) is 0 Å². The summed E-state index contributed by atoms with van der Waals surface area (Å²) >= 11 is 33.0.